The van der Waals surface area contributed by atoms with E-state index in [9.17, 15) is 4.79 Å². The van der Waals surface area contributed by atoms with Crippen LogP contribution in [0.25, 0.3) is 0 Å². The number of nitrogens with one attached hydrogen (secondary N) is 1. The Bertz CT molecular complexity index is 115. The number of carboxylic acids is 1. The molecule has 0 aromatic rings. The Morgan fingerprint density at radius 2 is 2.18 bits per heavy atom. The van der Waals surface area contributed by atoms with Crippen LogP contribution in [-0.2, 0) is 4.79 Å². The maximum Gasteiger partial charge on any atom is 0.320 e. The van der Waals surface area contributed by atoms with Gasteiger partial charge >= 0.3 is 5.97 Å². The van der Waals surface area contributed by atoms with Gasteiger partial charge in [0.2, 0.25) is 0 Å². The SMILES string of the molecule is CCCC[C@H](NCC)C(=O)O. The summed E-state index contributed by atoms with van der Waals surface area (Å²) in [7, 11) is 0. The molecule has 0 fully saturated rings. The molecular formula is C8H17NO2. The molecule has 1 atom stereocenters. The second kappa shape index (κ2) is 6.16. The molecule has 0 aliphatic heterocycles. The van der Waals surface area contributed by atoms with E-state index in [1.807, 2.05) is 6.92 Å². The topological polar surface area (TPSA) is 49.3 Å². The monoisotopic (exact) mass is 159 g/mol. The maximum absolute atomic E-state index is 10.5. The molecule has 0 aliphatic rings. The van der Waals surface area contributed by atoms with Crippen molar-refractivity contribution in [2.45, 2.75) is 39.2 Å². The van der Waals surface area contributed by atoms with E-state index in [1.54, 1.807) is 0 Å². The van der Waals surface area contributed by atoms with E-state index in [-0.39, 0.29) is 6.04 Å². The highest BCUT2D eigenvalue weighted by molar-refractivity contribution is 5.73. The summed E-state index contributed by atoms with van der Waals surface area (Å²) in [5, 5.41) is 11.6. The molecule has 0 unspecified atom stereocenters. The molecule has 0 amide bonds. The number of hydrogen-bond donors (Lipinski definition) is 2. The lowest BCUT2D eigenvalue weighted by Crippen LogP contribution is -2.36. The summed E-state index contributed by atoms with van der Waals surface area (Å²) < 4.78 is 0. The van der Waals surface area contributed by atoms with Crippen LogP contribution < -0.4 is 5.32 Å². The van der Waals surface area contributed by atoms with Crippen molar-refractivity contribution >= 4 is 5.97 Å². The lowest BCUT2D eigenvalue weighted by atomic mass is 10.1. The summed E-state index contributed by atoms with van der Waals surface area (Å²) >= 11 is 0. The molecule has 66 valence electrons. The third-order valence-electron chi connectivity index (χ3n) is 1.59. The van der Waals surface area contributed by atoms with Crippen LogP contribution in [0.5, 0.6) is 0 Å². The number of rotatable bonds is 6. The standard InChI is InChI=1S/C8H17NO2/c1-3-5-6-7(8(10)11)9-4-2/h7,9H,3-6H2,1-2H3,(H,10,11)/t7-/m0/s1. The summed E-state index contributed by atoms with van der Waals surface area (Å²) in [5.41, 5.74) is 0. The highest BCUT2D eigenvalue weighted by Gasteiger charge is 2.13. The Kier molecular flexibility index (Phi) is 5.84. The third-order valence-corrected chi connectivity index (χ3v) is 1.59. The van der Waals surface area contributed by atoms with Crippen molar-refractivity contribution in [2.24, 2.45) is 0 Å². The fourth-order valence-electron chi connectivity index (χ4n) is 0.967. The van der Waals surface area contributed by atoms with Gasteiger partial charge in [-0.25, -0.2) is 0 Å². The molecule has 0 rings (SSSR count). The molecular weight excluding hydrogens is 142 g/mol. The van der Waals surface area contributed by atoms with Crippen LogP contribution in [0.15, 0.2) is 0 Å². The summed E-state index contributed by atoms with van der Waals surface area (Å²) in [6.45, 7) is 4.70. The van der Waals surface area contributed by atoms with E-state index < -0.39 is 5.97 Å². The molecule has 0 radical (unpaired) electrons. The average molecular weight is 159 g/mol. The molecule has 0 aliphatic carbocycles. The van der Waals surface area contributed by atoms with Crippen molar-refractivity contribution in [2.75, 3.05) is 6.54 Å². The molecule has 11 heavy (non-hydrogen) atoms. The molecule has 0 aromatic carbocycles. The molecule has 0 bridgehead atoms. The molecule has 0 saturated carbocycles. The highest BCUT2D eigenvalue weighted by Crippen LogP contribution is 1.99. The van der Waals surface area contributed by atoms with Crippen molar-refractivity contribution in [3.63, 3.8) is 0 Å². The van der Waals surface area contributed by atoms with Gasteiger partial charge in [-0.1, -0.05) is 26.7 Å². The Morgan fingerprint density at radius 3 is 2.55 bits per heavy atom. The van der Waals surface area contributed by atoms with Crippen molar-refractivity contribution < 1.29 is 9.90 Å². The first-order valence-corrected chi connectivity index (χ1v) is 4.18. The minimum Gasteiger partial charge on any atom is -0.480 e. The molecule has 0 saturated heterocycles. The van der Waals surface area contributed by atoms with Gasteiger partial charge in [0.15, 0.2) is 0 Å². The number of carboxylic acid groups (broad SMARTS) is 1. The largest absolute Gasteiger partial charge is 0.480 e. The van der Waals surface area contributed by atoms with Crippen LogP contribution >= 0.6 is 0 Å². The first kappa shape index (κ1) is 10.4. The summed E-state index contributed by atoms with van der Waals surface area (Å²) in [6.07, 6.45) is 2.76. The second-order valence-electron chi connectivity index (χ2n) is 2.59. The Hall–Kier alpha value is -0.570. The normalized spacial score (nSPS) is 12.9. The van der Waals surface area contributed by atoms with Crippen LogP contribution in [0.2, 0.25) is 0 Å². The zero-order valence-corrected chi connectivity index (χ0v) is 7.26. The van der Waals surface area contributed by atoms with Crippen LogP contribution in [0.1, 0.15) is 33.1 Å². The van der Waals surface area contributed by atoms with Gasteiger partial charge in [0.05, 0.1) is 0 Å². The Morgan fingerprint density at radius 1 is 1.55 bits per heavy atom. The van der Waals surface area contributed by atoms with Crippen LogP contribution in [0.3, 0.4) is 0 Å². The predicted molar refractivity (Wildman–Crippen MR) is 44.6 cm³/mol. The van der Waals surface area contributed by atoms with Gasteiger partial charge in [-0.15, -0.1) is 0 Å². The van der Waals surface area contributed by atoms with Crippen LogP contribution in [-0.4, -0.2) is 23.7 Å². The fraction of sp³-hybridized carbons (Fsp3) is 0.875. The number of aliphatic carboxylic acids is 1. The average Bonchev–Trinajstić information content (AvgIpc) is 1.97. The summed E-state index contributed by atoms with van der Waals surface area (Å²) in [4.78, 5) is 10.5. The molecule has 3 heteroatoms. The third kappa shape index (κ3) is 4.79. The summed E-state index contributed by atoms with van der Waals surface area (Å²) in [5.74, 6) is -0.736. The smallest absolute Gasteiger partial charge is 0.320 e. The van der Waals surface area contributed by atoms with E-state index in [0.717, 1.165) is 25.8 Å². The van der Waals surface area contributed by atoms with E-state index in [1.165, 1.54) is 0 Å². The first-order chi connectivity index (χ1) is 5.22. The minimum absolute atomic E-state index is 0.347. The van der Waals surface area contributed by atoms with Gasteiger partial charge in [0.1, 0.15) is 6.04 Å². The van der Waals surface area contributed by atoms with E-state index in [2.05, 4.69) is 12.2 Å². The van der Waals surface area contributed by atoms with Crippen molar-refractivity contribution in [3.8, 4) is 0 Å². The van der Waals surface area contributed by atoms with Crippen molar-refractivity contribution in [1.82, 2.24) is 5.32 Å². The van der Waals surface area contributed by atoms with Crippen molar-refractivity contribution in [3.05, 3.63) is 0 Å². The van der Waals surface area contributed by atoms with Gasteiger partial charge in [-0.05, 0) is 13.0 Å². The number of hydrogen-bond acceptors (Lipinski definition) is 2. The fourth-order valence-corrected chi connectivity index (χ4v) is 0.967. The quantitative estimate of drug-likeness (QED) is 0.613. The van der Waals surface area contributed by atoms with Crippen molar-refractivity contribution in [1.29, 1.82) is 0 Å². The van der Waals surface area contributed by atoms with Gasteiger partial charge in [0.25, 0.3) is 0 Å². The first-order valence-electron chi connectivity index (χ1n) is 4.18. The van der Waals surface area contributed by atoms with E-state index in [4.69, 9.17) is 5.11 Å². The lowest BCUT2D eigenvalue weighted by Gasteiger charge is -2.11. The highest BCUT2D eigenvalue weighted by atomic mass is 16.4. The molecule has 0 aromatic heterocycles. The molecule has 2 N–H and O–H groups in total. The van der Waals surface area contributed by atoms with Gasteiger partial charge in [-0.3, -0.25) is 4.79 Å². The molecule has 0 spiro atoms. The van der Waals surface area contributed by atoms with E-state index >= 15 is 0 Å². The Labute approximate surface area is 67.8 Å². The zero-order chi connectivity index (χ0) is 8.69. The summed E-state index contributed by atoms with van der Waals surface area (Å²) in [6, 6.07) is -0.347. The van der Waals surface area contributed by atoms with Gasteiger partial charge < -0.3 is 10.4 Å². The van der Waals surface area contributed by atoms with Crippen LogP contribution in [0.4, 0.5) is 0 Å². The van der Waals surface area contributed by atoms with Crippen LogP contribution in [0, 0.1) is 0 Å². The van der Waals surface area contributed by atoms with Gasteiger partial charge in [-0.2, -0.15) is 0 Å². The number of carbonyl (C=O) groups is 1. The number of likely N-dealkylation sites (N-methyl/N-ethyl adjacent to an activating group) is 1. The molecule has 0 heterocycles. The number of unbranched alkanes of at least 4 members (excludes halogenated alkanes) is 1. The van der Waals surface area contributed by atoms with Gasteiger partial charge in [0, 0.05) is 0 Å². The lowest BCUT2D eigenvalue weighted by molar-refractivity contribution is -0.139. The van der Waals surface area contributed by atoms with E-state index in [0.29, 0.717) is 0 Å². The predicted octanol–water partition coefficient (Wildman–Crippen LogP) is 1.24. The Balaban J connectivity index is 3.60. The maximum atomic E-state index is 10.5. The molecule has 3 nitrogen and oxygen atoms in total. The minimum atomic E-state index is -0.736. The zero-order valence-electron chi connectivity index (χ0n) is 7.26. The second-order valence-corrected chi connectivity index (χ2v) is 2.59.